The van der Waals surface area contributed by atoms with E-state index in [1.54, 1.807) is 48.9 Å². The molecule has 2 atom stereocenters. The summed E-state index contributed by atoms with van der Waals surface area (Å²) in [5, 5.41) is 4.40. The molecule has 2 unspecified atom stereocenters. The minimum absolute atomic E-state index is 0.0160. The maximum Gasteiger partial charge on any atom is 0.254 e. The number of aromatic nitrogens is 3. The van der Waals surface area contributed by atoms with E-state index in [4.69, 9.17) is 23.2 Å². The van der Waals surface area contributed by atoms with Gasteiger partial charge in [-0.15, -0.1) is 0 Å². The Balaban J connectivity index is 1.62. The summed E-state index contributed by atoms with van der Waals surface area (Å²) in [4.78, 5) is 28.6. The molecule has 0 radical (unpaired) electrons. The van der Waals surface area contributed by atoms with E-state index in [9.17, 15) is 4.79 Å². The van der Waals surface area contributed by atoms with Crippen LogP contribution in [0.15, 0.2) is 55.0 Å². The maximum absolute atomic E-state index is 13.7. The molecule has 1 aliphatic heterocycles. The molecule has 0 saturated carbocycles. The Hall–Kier alpha value is -2.70. The van der Waals surface area contributed by atoms with Crippen LogP contribution < -0.4 is 5.32 Å². The Morgan fingerprint density at radius 3 is 2.68 bits per heavy atom. The lowest BCUT2D eigenvalue weighted by Gasteiger charge is -2.40. The van der Waals surface area contributed by atoms with Crippen molar-refractivity contribution < 1.29 is 4.79 Å². The minimum atomic E-state index is -0.0626. The second-order valence-electron chi connectivity index (χ2n) is 7.66. The van der Waals surface area contributed by atoms with Crippen molar-refractivity contribution in [3.05, 3.63) is 70.6 Å². The molecule has 3 aromatic rings. The number of benzene rings is 1. The average Bonchev–Trinajstić information content (AvgIpc) is 2.79. The first-order valence-electron chi connectivity index (χ1n) is 10.3. The van der Waals surface area contributed by atoms with Crippen LogP contribution >= 0.6 is 23.2 Å². The molecule has 31 heavy (non-hydrogen) atoms. The van der Waals surface area contributed by atoms with Crippen LogP contribution in [0.1, 0.15) is 30.1 Å². The van der Waals surface area contributed by atoms with Crippen molar-refractivity contribution in [1.29, 1.82) is 0 Å². The number of anilines is 1. The van der Waals surface area contributed by atoms with E-state index in [1.807, 2.05) is 11.0 Å². The Morgan fingerprint density at radius 1 is 1.13 bits per heavy atom. The molecule has 2 aromatic heterocycles. The van der Waals surface area contributed by atoms with Gasteiger partial charge < -0.3 is 10.2 Å². The number of carbonyl (C=O) groups excluding carboxylic acids is 1. The molecule has 4 rings (SSSR count). The SMILES string of the molecule is CC1CCCN(C(=O)c2cccc(Cl)c2-c2ncccn2)C1CNc1ccc(Cl)cn1. The van der Waals surface area contributed by atoms with E-state index in [2.05, 4.69) is 27.2 Å². The third kappa shape index (κ3) is 4.81. The van der Waals surface area contributed by atoms with Crippen molar-refractivity contribution in [2.24, 2.45) is 5.92 Å². The van der Waals surface area contributed by atoms with E-state index in [-0.39, 0.29) is 11.9 Å². The van der Waals surface area contributed by atoms with Crippen LogP contribution in [0.3, 0.4) is 0 Å². The predicted octanol–water partition coefficient (Wildman–Crippen LogP) is 5.20. The Labute approximate surface area is 191 Å². The molecule has 0 spiro atoms. The predicted molar refractivity (Wildman–Crippen MR) is 123 cm³/mol. The molecule has 8 heteroatoms. The molecule has 1 N–H and O–H groups in total. The van der Waals surface area contributed by atoms with Crippen LogP contribution in [0.4, 0.5) is 5.82 Å². The first-order valence-corrected chi connectivity index (χ1v) is 11.0. The normalized spacial score (nSPS) is 18.6. The number of nitrogens with zero attached hydrogens (tertiary/aromatic N) is 4. The van der Waals surface area contributed by atoms with Gasteiger partial charge in [-0.3, -0.25) is 4.79 Å². The van der Waals surface area contributed by atoms with E-state index in [0.717, 1.165) is 18.7 Å². The molecular weight excluding hydrogens is 433 g/mol. The smallest absolute Gasteiger partial charge is 0.254 e. The Bertz CT molecular complexity index is 1050. The summed E-state index contributed by atoms with van der Waals surface area (Å²) < 4.78 is 0. The summed E-state index contributed by atoms with van der Waals surface area (Å²) in [6, 6.07) is 10.7. The van der Waals surface area contributed by atoms with Crippen LogP contribution in [-0.2, 0) is 0 Å². The number of likely N-dealkylation sites (tertiary alicyclic amines) is 1. The first kappa shape index (κ1) is 21.5. The molecule has 0 aliphatic carbocycles. The van der Waals surface area contributed by atoms with Crippen molar-refractivity contribution in [3.8, 4) is 11.4 Å². The summed E-state index contributed by atoms with van der Waals surface area (Å²) in [7, 11) is 0. The van der Waals surface area contributed by atoms with Crippen LogP contribution in [0.25, 0.3) is 11.4 Å². The Kier molecular flexibility index (Phi) is 6.68. The van der Waals surface area contributed by atoms with Gasteiger partial charge in [0.05, 0.1) is 27.2 Å². The fourth-order valence-corrected chi connectivity index (χ4v) is 4.39. The molecule has 1 aliphatic rings. The standard InChI is InChI=1S/C23H23Cl2N5O/c1-15-5-3-12-30(19(15)14-29-20-9-8-16(24)13-28-20)23(31)17-6-2-7-18(25)21(17)22-26-10-4-11-27-22/h2,4,6-11,13,15,19H,3,5,12,14H2,1H3,(H,28,29). The highest BCUT2D eigenvalue weighted by molar-refractivity contribution is 6.34. The van der Waals surface area contributed by atoms with Crippen molar-refractivity contribution in [3.63, 3.8) is 0 Å². The lowest BCUT2D eigenvalue weighted by Crippen LogP contribution is -2.51. The third-order valence-electron chi connectivity index (χ3n) is 5.63. The van der Waals surface area contributed by atoms with Gasteiger partial charge in [0, 0.05) is 31.7 Å². The van der Waals surface area contributed by atoms with Gasteiger partial charge in [0.15, 0.2) is 5.82 Å². The van der Waals surface area contributed by atoms with Crippen LogP contribution in [0.5, 0.6) is 0 Å². The van der Waals surface area contributed by atoms with Crippen molar-refractivity contribution in [1.82, 2.24) is 19.9 Å². The lowest BCUT2D eigenvalue weighted by atomic mass is 9.89. The number of carbonyl (C=O) groups is 1. The molecule has 0 bridgehead atoms. The fraction of sp³-hybridized carbons (Fsp3) is 0.304. The van der Waals surface area contributed by atoms with Gasteiger partial charge in [0.1, 0.15) is 5.82 Å². The molecule has 1 fully saturated rings. The van der Waals surface area contributed by atoms with Gasteiger partial charge >= 0.3 is 0 Å². The largest absolute Gasteiger partial charge is 0.368 e. The molecule has 1 saturated heterocycles. The monoisotopic (exact) mass is 455 g/mol. The first-order chi connectivity index (χ1) is 15.0. The summed E-state index contributed by atoms with van der Waals surface area (Å²) in [5.41, 5.74) is 1.08. The lowest BCUT2D eigenvalue weighted by molar-refractivity contribution is 0.0540. The van der Waals surface area contributed by atoms with Crippen LogP contribution in [-0.4, -0.2) is 44.9 Å². The molecule has 160 valence electrons. The zero-order valence-electron chi connectivity index (χ0n) is 17.1. The number of nitrogens with one attached hydrogen (secondary N) is 1. The van der Waals surface area contributed by atoms with Gasteiger partial charge in [0.25, 0.3) is 5.91 Å². The van der Waals surface area contributed by atoms with Gasteiger partial charge in [-0.05, 0) is 49.1 Å². The van der Waals surface area contributed by atoms with Crippen LogP contribution in [0, 0.1) is 5.92 Å². The van der Waals surface area contributed by atoms with Crippen molar-refractivity contribution >= 4 is 34.9 Å². The van der Waals surface area contributed by atoms with Gasteiger partial charge in [-0.25, -0.2) is 15.0 Å². The summed E-state index contributed by atoms with van der Waals surface area (Å²) in [6.45, 7) is 3.46. The second kappa shape index (κ2) is 9.62. The van der Waals surface area contributed by atoms with E-state index in [1.165, 1.54) is 0 Å². The van der Waals surface area contributed by atoms with E-state index >= 15 is 0 Å². The number of halogens is 2. The maximum atomic E-state index is 13.7. The van der Waals surface area contributed by atoms with Gasteiger partial charge in [-0.2, -0.15) is 0 Å². The molecule has 1 aromatic carbocycles. The Morgan fingerprint density at radius 2 is 1.94 bits per heavy atom. The summed E-state index contributed by atoms with van der Waals surface area (Å²) in [6.07, 6.45) is 6.92. The van der Waals surface area contributed by atoms with Crippen molar-refractivity contribution in [2.75, 3.05) is 18.4 Å². The number of rotatable bonds is 5. The zero-order valence-corrected chi connectivity index (χ0v) is 18.6. The van der Waals surface area contributed by atoms with Crippen LogP contribution in [0.2, 0.25) is 10.0 Å². The van der Waals surface area contributed by atoms with Gasteiger partial charge in [0.2, 0.25) is 0 Å². The molecule has 1 amide bonds. The fourth-order valence-electron chi connectivity index (χ4n) is 4.01. The number of hydrogen-bond donors (Lipinski definition) is 1. The number of pyridine rings is 1. The third-order valence-corrected chi connectivity index (χ3v) is 6.17. The van der Waals surface area contributed by atoms with E-state index < -0.39 is 0 Å². The molecular formula is C23H23Cl2N5O. The number of amides is 1. The summed E-state index contributed by atoms with van der Waals surface area (Å²) >= 11 is 12.4. The van der Waals surface area contributed by atoms with Gasteiger partial charge in [-0.1, -0.05) is 36.2 Å². The highest BCUT2D eigenvalue weighted by Crippen LogP contribution is 2.32. The second-order valence-corrected chi connectivity index (χ2v) is 8.51. The highest BCUT2D eigenvalue weighted by Gasteiger charge is 2.33. The molecule has 3 heterocycles. The quantitative estimate of drug-likeness (QED) is 0.572. The number of piperidine rings is 1. The van der Waals surface area contributed by atoms with E-state index in [0.29, 0.717) is 46.0 Å². The zero-order chi connectivity index (χ0) is 21.8. The molecule has 6 nitrogen and oxygen atoms in total. The topological polar surface area (TPSA) is 71.0 Å². The van der Waals surface area contributed by atoms with Crippen molar-refractivity contribution in [2.45, 2.75) is 25.8 Å². The highest BCUT2D eigenvalue weighted by atomic mass is 35.5. The minimum Gasteiger partial charge on any atom is -0.368 e. The summed E-state index contributed by atoms with van der Waals surface area (Å²) in [5.74, 6) is 1.46. The average molecular weight is 456 g/mol. The number of hydrogen-bond acceptors (Lipinski definition) is 5.